The highest BCUT2D eigenvalue weighted by Gasteiger charge is 2.29. The van der Waals surface area contributed by atoms with Crippen molar-refractivity contribution in [2.24, 2.45) is 0 Å². The summed E-state index contributed by atoms with van der Waals surface area (Å²) in [5.74, 6) is 0.526. The molecule has 1 aliphatic carbocycles. The third-order valence-corrected chi connectivity index (χ3v) is 4.22. The van der Waals surface area contributed by atoms with Gasteiger partial charge < -0.3 is 0 Å². The number of nitrogens with zero attached hydrogens (tertiary/aromatic N) is 1. The number of aromatic nitrogens is 2. The lowest BCUT2D eigenvalue weighted by atomic mass is 10.1. The van der Waals surface area contributed by atoms with E-state index in [1.807, 2.05) is 26.0 Å². The number of benzene rings is 1. The summed E-state index contributed by atoms with van der Waals surface area (Å²) in [6.07, 6.45) is 2.34. The maximum Gasteiger partial charge on any atom is 0.285 e. The van der Waals surface area contributed by atoms with Crippen LogP contribution in [0.2, 0.25) is 0 Å². The van der Waals surface area contributed by atoms with Crippen LogP contribution in [-0.4, -0.2) is 9.78 Å². The first-order valence-corrected chi connectivity index (χ1v) is 6.95. The fourth-order valence-electron chi connectivity index (χ4n) is 2.21. The molecule has 3 nitrogen and oxygen atoms in total. The Kier molecular flexibility index (Phi) is 2.70. The zero-order valence-corrected chi connectivity index (χ0v) is 12.0. The lowest BCUT2D eigenvalue weighted by Crippen LogP contribution is -2.15. The van der Waals surface area contributed by atoms with Crippen LogP contribution in [0.4, 0.5) is 0 Å². The molecule has 3 rings (SSSR count). The molecule has 0 unspecified atom stereocenters. The van der Waals surface area contributed by atoms with Crippen LogP contribution in [0.1, 0.15) is 35.6 Å². The van der Waals surface area contributed by atoms with E-state index in [0.717, 1.165) is 22.5 Å². The van der Waals surface area contributed by atoms with Crippen molar-refractivity contribution in [3.8, 4) is 5.69 Å². The van der Waals surface area contributed by atoms with E-state index in [1.54, 1.807) is 4.68 Å². The second-order valence-electron chi connectivity index (χ2n) is 5.04. The fourth-order valence-corrected chi connectivity index (χ4v) is 2.80. The van der Waals surface area contributed by atoms with E-state index in [1.165, 1.54) is 12.8 Å². The molecule has 1 saturated carbocycles. The number of nitrogens with one attached hydrogen (secondary N) is 1. The molecule has 94 valence electrons. The first-order chi connectivity index (χ1) is 8.58. The highest BCUT2D eigenvalue weighted by atomic mass is 79.9. The third-order valence-electron chi connectivity index (χ3n) is 3.45. The maximum atomic E-state index is 12.3. The topological polar surface area (TPSA) is 37.8 Å². The Balaban J connectivity index is 2.19. The average Bonchev–Trinajstić information content (AvgIpc) is 3.13. The number of aromatic amines is 1. The Labute approximate surface area is 114 Å². The van der Waals surface area contributed by atoms with Crippen molar-refractivity contribution in [3.63, 3.8) is 0 Å². The normalized spacial score (nSPS) is 15.1. The second-order valence-corrected chi connectivity index (χ2v) is 5.84. The van der Waals surface area contributed by atoms with Gasteiger partial charge in [0.05, 0.1) is 11.4 Å². The molecule has 4 heteroatoms. The summed E-state index contributed by atoms with van der Waals surface area (Å²) in [7, 11) is 0. The van der Waals surface area contributed by atoms with Crippen LogP contribution in [0.5, 0.6) is 0 Å². The first-order valence-electron chi connectivity index (χ1n) is 6.16. The molecule has 1 aromatic carbocycles. The van der Waals surface area contributed by atoms with Crippen molar-refractivity contribution < 1.29 is 0 Å². The van der Waals surface area contributed by atoms with Gasteiger partial charge in [0, 0.05) is 5.92 Å². The highest BCUT2D eigenvalue weighted by Crippen LogP contribution is 2.41. The number of halogens is 1. The van der Waals surface area contributed by atoms with Crippen LogP contribution in [0, 0.1) is 13.8 Å². The van der Waals surface area contributed by atoms with Crippen LogP contribution < -0.4 is 5.56 Å². The molecule has 0 bridgehead atoms. The molecule has 0 radical (unpaired) electrons. The monoisotopic (exact) mass is 306 g/mol. The summed E-state index contributed by atoms with van der Waals surface area (Å²) in [4.78, 5) is 12.3. The minimum Gasteiger partial charge on any atom is -0.294 e. The predicted molar refractivity (Wildman–Crippen MR) is 75.5 cm³/mol. The van der Waals surface area contributed by atoms with Gasteiger partial charge in [0.15, 0.2) is 0 Å². The van der Waals surface area contributed by atoms with Gasteiger partial charge in [0.1, 0.15) is 4.47 Å². The van der Waals surface area contributed by atoms with Gasteiger partial charge in [0.25, 0.3) is 5.56 Å². The second kappa shape index (κ2) is 4.12. The zero-order chi connectivity index (χ0) is 12.9. The van der Waals surface area contributed by atoms with Gasteiger partial charge in [-0.15, -0.1) is 0 Å². The highest BCUT2D eigenvalue weighted by molar-refractivity contribution is 9.10. The van der Waals surface area contributed by atoms with Gasteiger partial charge in [-0.2, -0.15) is 0 Å². The summed E-state index contributed by atoms with van der Waals surface area (Å²) in [6.45, 7) is 4.06. The number of hydrogen-bond donors (Lipinski definition) is 1. The van der Waals surface area contributed by atoms with Crippen LogP contribution in [0.15, 0.2) is 27.5 Å². The lowest BCUT2D eigenvalue weighted by molar-refractivity contribution is 0.810. The Morgan fingerprint density at radius 3 is 2.72 bits per heavy atom. The Hall–Kier alpha value is -1.29. The van der Waals surface area contributed by atoms with Gasteiger partial charge in [-0.05, 0) is 59.8 Å². The molecular weight excluding hydrogens is 292 g/mol. The molecular formula is C14H15BrN2O. The molecule has 0 saturated heterocycles. The Morgan fingerprint density at radius 2 is 2.06 bits per heavy atom. The number of H-pyrrole nitrogens is 1. The van der Waals surface area contributed by atoms with E-state index in [-0.39, 0.29) is 5.56 Å². The quantitative estimate of drug-likeness (QED) is 0.907. The molecule has 1 aliphatic rings. The van der Waals surface area contributed by atoms with Gasteiger partial charge in [-0.1, -0.05) is 12.1 Å². The van der Waals surface area contributed by atoms with Crippen molar-refractivity contribution in [1.82, 2.24) is 9.78 Å². The van der Waals surface area contributed by atoms with Gasteiger partial charge in [-0.25, -0.2) is 4.68 Å². The molecule has 2 aromatic rings. The molecule has 0 aliphatic heterocycles. The largest absolute Gasteiger partial charge is 0.294 e. The third kappa shape index (κ3) is 1.85. The average molecular weight is 307 g/mol. The van der Waals surface area contributed by atoms with E-state index in [2.05, 4.69) is 27.1 Å². The zero-order valence-electron chi connectivity index (χ0n) is 10.5. The Morgan fingerprint density at radius 1 is 1.33 bits per heavy atom. The Bertz CT molecular complexity index is 665. The van der Waals surface area contributed by atoms with Crippen molar-refractivity contribution in [2.75, 3.05) is 0 Å². The number of rotatable bonds is 2. The predicted octanol–water partition coefficient (Wildman–Crippen LogP) is 3.42. The van der Waals surface area contributed by atoms with Crippen molar-refractivity contribution in [1.29, 1.82) is 0 Å². The summed E-state index contributed by atoms with van der Waals surface area (Å²) in [6, 6.07) is 6.14. The molecule has 1 N–H and O–H groups in total. The fraction of sp³-hybridized carbons (Fsp3) is 0.357. The maximum absolute atomic E-state index is 12.3. The summed E-state index contributed by atoms with van der Waals surface area (Å²) < 4.78 is 2.34. The molecule has 1 fully saturated rings. The summed E-state index contributed by atoms with van der Waals surface area (Å²) in [5.41, 5.74) is 4.24. The lowest BCUT2D eigenvalue weighted by Gasteiger charge is -2.07. The van der Waals surface area contributed by atoms with Gasteiger partial charge >= 0.3 is 0 Å². The van der Waals surface area contributed by atoms with Crippen LogP contribution in [-0.2, 0) is 0 Å². The summed E-state index contributed by atoms with van der Waals surface area (Å²) >= 11 is 3.42. The van der Waals surface area contributed by atoms with Crippen molar-refractivity contribution in [3.05, 3.63) is 49.8 Å². The minimum atomic E-state index is 0.00519. The van der Waals surface area contributed by atoms with Crippen LogP contribution >= 0.6 is 15.9 Å². The number of hydrogen-bond acceptors (Lipinski definition) is 1. The van der Waals surface area contributed by atoms with Gasteiger partial charge in [-0.3, -0.25) is 9.89 Å². The molecule has 0 atom stereocenters. The molecule has 18 heavy (non-hydrogen) atoms. The van der Waals surface area contributed by atoms with E-state index < -0.39 is 0 Å². The van der Waals surface area contributed by atoms with Crippen molar-refractivity contribution in [2.45, 2.75) is 32.6 Å². The molecule has 0 spiro atoms. The first kappa shape index (κ1) is 11.8. The van der Waals surface area contributed by atoms with Gasteiger partial charge in [0.2, 0.25) is 0 Å². The van der Waals surface area contributed by atoms with E-state index in [9.17, 15) is 4.79 Å². The standard InChI is InChI=1S/C14H15BrN2O/c1-8-3-4-9(2)11(7-8)17-14(18)12(15)13(16-17)10-5-6-10/h3-4,7,10,16H,5-6H2,1-2H3. The SMILES string of the molecule is Cc1ccc(C)c(-n2[nH]c(C3CC3)c(Br)c2=O)c1. The van der Waals surface area contributed by atoms with Crippen LogP contribution in [0.3, 0.4) is 0 Å². The van der Waals surface area contributed by atoms with E-state index in [0.29, 0.717) is 10.4 Å². The smallest absolute Gasteiger partial charge is 0.285 e. The molecule has 0 amide bonds. The minimum absolute atomic E-state index is 0.00519. The van der Waals surface area contributed by atoms with Crippen LogP contribution in [0.25, 0.3) is 5.69 Å². The van der Waals surface area contributed by atoms with E-state index in [4.69, 9.17) is 0 Å². The van der Waals surface area contributed by atoms with E-state index >= 15 is 0 Å². The summed E-state index contributed by atoms with van der Waals surface area (Å²) in [5, 5.41) is 3.25. The number of aryl methyl sites for hydroxylation is 2. The van der Waals surface area contributed by atoms with Crippen molar-refractivity contribution >= 4 is 15.9 Å². The molecule has 1 aromatic heterocycles. The molecule has 1 heterocycles.